The molecule has 0 bridgehead atoms. The first-order valence-electron chi connectivity index (χ1n) is 5.87. The fraction of sp³-hybridized carbons (Fsp3) is 0. The van der Waals surface area contributed by atoms with Crippen molar-refractivity contribution in [2.75, 3.05) is 5.32 Å². The minimum absolute atomic E-state index is 0.0793. The molecule has 0 aliphatic rings. The van der Waals surface area contributed by atoms with Gasteiger partial charge in [0.25, 0.3) is 5.91 Å². The molecule has 20 heavy (non-hydrogen) atoms. The molecule has 0 aliphatic heterocycles. The molecular formula is C14H10ClN3O2. The molecule has 3 rings (SSSR count). The number of hydrogen-bond donors (Lipinski definition) is 2. The summed E-state index contributed by atoms with van der Waals surface area (Å²) in [5.74, 6) is -0.378. The van der Waals surface area contributed by atoms with Crippen LogP contribution in [0.15, 0.2) is 48.8 Å². The number of carbonyl (C=O) groups is 1. The Balaban J connectivity index is 1.91. The van der Waals surface area contributed by atoms with Gasteiger partial charge in [-0.1, -0.05) is 17.7 Å². The molecule has 0 spiro atoms. The molecule has 5 nitrogen and oxygen atoms in total. The number of phenolic OH excluding ortho intramolecular Hbond substituents is 1. The molecular weight excluding hydrogens is 278 g/mol. The predicted octanol–water partition coefficient (Wildman–Crippen LogP) is 2.95. The quantitative estimate of drug-likeness (QED) is 0.761. The number of hydrogen-bond acceptors (Lipinski definition) is 3. The number of carbonyl (C=O) groups excluding carboxylic acids is 1. The van der Waals surface area contributed by atoms with Gasteiger partial charge in [-0.05, 0) is 24.3 Å². The van der Waals surface area contributed by atoms with Gasteiger partial charge in [0.1, 0.15) is 5.75 Å². The number of phenols is 1. The Morgan fingerprint density at radius 3 is 2.95 bits per heavy atom. The van der Waals surface area contributed by atoms with E-state index in [0.29, 0.717) is 16.8 Å². The van der Waals surface area contributed by atoms with Crippen LogP contribution in [0.3, 0.4) is 0 Å². The Bertz CT molecular complexity index is 798. The first-order valence-corrected chi connectivity index (χ1v) is 6.25. The number of pyridine rings is 1. The van der Waals surface area contributed by atoms with Crippen LogP contribution >= 0.6 is 11.6 Å². The van der Waals surface area contributed by atoms with E-state index in [9.17, 15) is 9.90 Å². The van der Waals surface area contributed by atoms with Crippen molar-refractivity contribution in [2.24, 2.45) is 0 Å². The molecule has 3 aromatic rings. The van der Waals surface area contributed by atoms with E-state index in [1.807, 2.05) is 12.1 Å². The SMILES string of the molecule is O=C(Nc1ccc(Cl)c(O)c1)c1cnn2ccccc12. The van der Waals surface area contributed by atoms with Gasteiger partial charge < -0.3 is 10.4 Å². The van der Waals surface area contributed by atoms with Crippen molar-refractivity contribution < 1.29 is 9.90 Å². The minimum Gasteiger partial charge on any atom is -0.506 e. The largest absolute Gasteiger partial charge is 0.506 e. The Hall–Kier alpha value is -2.53. The van der Waals surface area contributed by atoms with Crippen LogP contribution in [-0.4, -0.2) is 20.6 Å². The van der Waals surface area contributed by atoms with Crippen LogP contribution in [0.25, 0.3) is 5.52 Å². The topological polar surface area (TPSA) is 66.6 Å². The Morgan fingerprint density at radius 2 is 2.15 bits per heavy atom. The molecule has 2 N–H and O–H groups in total. The molecule has 0 saturated heterocycles. The molecule has 2 heterocycles. The highest BCUT2D eigenvalue weighted by Gasteiger charge is 2.13. The van der Waals surface area contributed by atoms with Crippen LogP contribution in [0.1, 0.15) is 10.4 Å². The second-order valence-corrected chi connectivity index (χ2v) is 4.62. The van der Waals surface area contributed by atoms with Crippen molar-refractivity contribution in [1.82, 2.24) is 9.61 Å². The fourth-order valence-electron chi connectivity index (χ4n) is 1.90. The van der Waals surface area contributed by atoms with Crippen LogP contribution in [0.4, 0.5) is 5.69 Å². The maximum Gasteiger partial charge on any atom is 0.259 e. The fourth-order valence-corrected chi connectivity index (χ4v) is 2.02. The van der Waals surface area contributed by atoms with Gasteiger partial charge in [-0.3, -0.25) is 4.79 Å². The number of benzene rings is 1. The first-order chi connectivity index (χ1) is 9.65. The van der Waals surface area contributed by atoms with Gasteiger partial charge in [-0.15, -0.1) is 0 Å². The summed E-state index contributed by atoms with van der Waals surface area (Å²) >= 11 is 5.72. The predicted molar refractivity (Wildman–Crippen MR) is 76.3 cm³/mol. The highest BCUT2D eigenvalue weighted by Crippen LogP contribution is 2.26. The summed E-state index contributed by atoms with van der Waals surface area (Å²) in [5, 5.41) is 16.5. The van der Waals surface area contributed by atoms with Gasteiger partial charge in [-0.25, -0.2) is 4.52 Å². The van der Waals surface area contributed by atoms with E-state index in [0.717, 1.165) is 0 Å². The van der Waals surface area contributed by atoms with Crippen molar-refractivity contribution >= 4 is 28.7 Å². The van der Waals surface area contributed by atoms with Gasteiger partial charge in [0.15, 0.2) is 0 Å². The summed E-state index contributed by atoms with van der Waals surface area (Å²) in [7, 11) is 0. The maximum atomic E-state index is 12.2. The average Bonchev–Trinajstić information content (AvgIpc) is 2.87. The molecule has 2 aromatic heterocycles. The molecule has 0 radical (unpaired) electrons. The summed E-state index contributed by atoms with van der Waals surface area (Å²) < 4.78 is 1.62. The lowest BCUT2D eigenvalue weighted by Crippen LogP contribution is -2.11. The molecule has 6 heteroatoms. The van der Waals surface area contributed by atoms with E-state index in [2.05, 4.69) is 10.4 Å². The smallest absolute Gasteiger partial charge is 0.259 e. The molecule has 0 fully saturated rings. The lowest BCUT2D eigenvalue weighted by molar-refractivity contribution is 0.102. The van der Waals surface area contributed by atoms with Crippen LogP contribution in [-0.2, 0) is 0 Å². The summed E-state index contributed by atoms with van der Waals surface area (Å²) in [6, 6.07) is 10.0. The second kappa shape index (κ2) is 4.86. The summed E-state index contributed by atoms with van der Waals surface area (Å²) in [5.41, 5.74) is 1.63. The summed E-state index contributed by atoms with van der Waals surface area (Å²) in [4.78, 5) is 12.2. The van der Waals surface area contributed by atoms with Crippen LogP contribution in [0.2, 0.25) is 5.02 Å². The number of fused-ring (bicyclic) bond motifs is 1. The highest BCUT2D eigenvalue weighted by atomic mass is 35.5. The number of halogens is 1. The van der Waals surface area contributed by atoms with E-state index in [4.69, 9.17) is 11.6 Å². The first kappa shape index (κ1) is 12.5. The molecule has 100 valence electrons. The molecule has 1 amide bonds. The number of aromatic nitrogens is 2. The lowest BCUT2D eigenvalue weighted by atomic mass is 10.2. The van der Waals surface area contributed by atoms with E-state index in [-0.39, 0.29) is 16.7 Å². The van der Waals surface area contributed by atoms with Crippen molar-refractivity contribution in [3.8, 4) is 5.75 Å². The number of anilines is 1. The van der Waals surface area contributed by atoms with Gasteiger partial charge >= 0.3 is 0 Å². The maximum absolute atomic E-state index is 12.2. The second-order valence-electron chi connectivity index (χ2n) is 4.21. The average molecular weight is 288 g/mol. The van der Waals surface area contributed by atoms with Crippen LogP contribution in [0, 0.1) is 0 Å². The van der Waals surface area contributed by atoms with E-state index in [1.165, 1.54) is 18.3 Å². The normalized spacial score (nSPS) is 10.7. The van der Waals surface area contributed by atoms with Crippen molar-refractivity contribution in [3.05, 3.63) is 59.4 Å². The standard InChI is InChI=1S/C14H10ClN3O2/c15-11-5-4-9(7-13(11)19)17-14(20)10-8-16-18-6-2-1-3-12(10)18/h1-8,19H,(H,17,20). The zero-order chi connectivity index (χ0) is 14.1. The number of aromatic hydroxyl groups is 1. The zero-order valence-corrected chi connectivity index (χ0v) is 11.0. The molecule has 0 atom stereocenters. The number of nitrogens with one attached hydrogen (secondary N) is 1. The van der Waals surface area contributed by atoms with Crippen LogP contribution in [0.5, 0.6) is 5.75 Å². The Morgan fingerprint density at radius 1 is 1.30 bits per heavy atom. The molecule has 0 aliphatic carbocycles. The Kier molecular flexibility index (Phi) is 3.04. The Labute approximate surface area is 119 Å². The molecule has 1 aromatic carbocycles. The van der Waals surface area contributed by atoms with E-state index in [1.54, 1.807) is 22.8 Å². The highest BCUT2D eigenvalue weighted by molar-refractivity contribution is 6.32. The molecule has 0 saturated carbocycles. The van der Waals surface area contributed by atoms with Gasteiger partial charge in [0.2, 0.25) is 0 Å². The number of nitrogens with zero attached hydrogens (tertiary/aromatic N) is 2. The van der Waals surface area contributed by atoms with Crippen molar-refractivity contribution in [3.63, 3.8) is 0 Å². The van der Waals surface area contributed by atoms with Gasteiger partial charge in [0.05, 0.1) is 22.3 Å². The van der Waals surface area contributed by atoms with Gasteiger partial charge in [-0.2, -0.15) is 5.10 Å². The van der Waals surface area contributed by atoms with Crippen molar-refractivity contribution in [1.29, 1.82) is 0 Å². The lowest BCUT2D eigenvalue weighted by Gasteiger charge is -2.05. The minimum atomic E-state index is -0.298. The number of rotatable bonds is 2. The number of amides is 1. The van der Waals surface area contributed by atoms with E-state index >= 15 is 0 Å². The van der Waals surface area contributed by atoms with Gasteiger partial charge in [0, 0.05) is 18.0 Å². The third-order valence-electron chi connectivity index (χ3n) is 2.88. The van der Waals surface area contributed by atoms with Crippen LogP contribution < -0.4 is 5.32 Å². The summed E-state index contributed by atoms with van der Waals surface area (Å²) in [6.45, 7) is 0. The monoisotopic (exact) mass is 287 g/mol. The molecule has 0 unspecified atom stereocenters. The van der Waals surface area contributed by atoms with Crippen molar-refractivity contribution in [2.45, 2.75) is 0 Å². The third kappa shape index (κ3) is 2.19. The summed E-state index contributed by atoms with van der Waals surface area (Å²) in [6.07, 6.45) is 3.26. The third-order valence-corrected chi connectivity index (χ3v) is 3.19. The zero-order valence-electron chi connectivity index (χ0n) is 10.2. The van der Waals surface area contributed by atoms with E-state index < -0.39 is 0 Å².